The van der Waals surface area contributed by atoms with Gasteiger partial charge in [-0.1, -0.05) is 38.3 Å². The lowest BCUT2D eigenvalue weighted by Crippen LogP contribution is -2.39. The summed E-state index contributed by atoms with van der Waals surface area (Å²) >= 11 is 0. The van der Waals surface area contributed by atoms with Crippen LogP contribution in [0.5, 0.6) is 5.75 Å². The van der Waals surface area contributed by atoms with Gasteiger partial charge in [-0.15, -0.1) is 0 Å². The number of sulfonamides is 1. The Balaban J connectivity index is 1.66. The maximum absolute atomic E-state index is 12.8. The van der Waals surface area contributed by atoms with Crippen LogP contribution in [0.4, 0.5) is 0 Å². The minimum absolute atomic E-state index is 0.0109. The molecular formula is C24H32N2O4S. The molecule has 7 heteroatoms. The first-order chi connectivity index (χ1) is 14.9. The van der Waals surface area contributed by atoms with Gasteiger partial charge in [-0.3, -0.25) is 4.79 Å². The van der Waals surface area contributed by atoms with Gasteiger partial charge < -0.3 is 10.1 Å². The number of hydrogen-bond acceptors (Lipinski definition) is 4. The Bertz CT molecular complexity index is 969. The van der Waals surface area contributed by atoms with E-state index in [0.717, 1.165) is 49.8 Å². The van der Waals surface area contributed by atoms with Gasteiger partial charge in [-0.2, -0.15) is 0 Å². The van der Waals surface area contributed by atoms with Crippen molar-refractivity contribution in [1.29, 1.82) is 0 Å². The highest BCUT2D eigenvalue weighted by Crippen LogP contribution is 2.21. The Morgan fingerprint density at radius 3 is 2.52 bits per heavy atom. The molecule has 1 saturated carbocycles. The molecule has 31 heavy (non-hydrogen) atoms. The number of carbonyl (C=O) groups is 1. The molecule has 1 aliphatic rings. The van der Waals surface area contributed by atoms with E-state index < -0.39 is 10.0 Å². The number of ether oxygens (including phenoxy) is 1. The van der Waals surface area contributed by atoms with Crippen LogP contribution in [-0.4, -0.2) is 33.5 Å². The minimum atomic E-state index is -3.54. The Labute approximate surface area is 185 Å². The van der Waals surface area contributed by atoms with E-state index >= 15 is 0 Å². The average molecular weight is 445 g/mol. The van der Waals surface area contributed by atoms with Crippen LogP contribution in [0.15, 0.2) is 53.4 Å². The van der Waals surface area contributed by atoms with Gasteiger partial charge in [0.15, 0.2) is 0 Å². The zero-order chi connectivity index (χ0) is 22.3. The molecule has 168 valence electrons. The SMILES string of the molecule is CCCC[C@@H](Cc1cccc(OC)c1)NC(=O)c1ccc(S(=O)(=O)NC2CCC2)cc1. The monoisotopic (exact) mass is 444 g/mol. The van der Waals surface area contributed by atoms with Gasteiger partial charge in [-0.25, -0.2) is 13.1 Å². The molecule has 0 radical (unpaired) electrons. The summed E-state index contributed by atoms with van der Waals surface area (Å²) in [5.74, 6) is 0.602. The van der Waals surface area contributed by atoms with E-state index in [9.17, 15) is 13.2 Å². The number of methoxy groups -OCH3 is 1. The van der Waals surface area contributed by atoms with Gasteiger partial charge in [0, 0.05) is 17.6 Å². The molecule has 0 aromatic heterocycles. The van der Waals surface area contributed by atoms with Crippen LogP contribution < -0.4 is 14.8 Å². The number of amides is 1. The average Bonchev–Trinajstić information content (AvgIpc) is 2.75. The number of nitrogens with one attached hydrogen (secondary N) is 2. The fraction of sp³-hybridized carbons (Fsp3) is 0.458. The van der Waals surface area contributed by atoms with Crippen LogP contribution in [0, 0.1) is 0 Å². The van der Waals surface area contributed by atoms with Gasteiger partial charge in [0.25, 0.3) is 5.91 Å². The van der Waals surface area contributed by atoms with E-state index in [2.05, 4.69) is 17.0 Å². The highest BCUT2D eigenvalue weighted by molar-refractivity contribution is 7.89. The predicted molar refractivity (Wildman–Crippen MR) is 122 cm³/mol. The highest BCUT2D eigenvalue weighted by Gasteiger charge is 2.25. The molecule has 0 saturated heterocycles. The zero-order valence-electron chi connectivity index (χ0n) is 18.3. The van der Waals surface area contributed by atoms with Crippen LogP contribution >= 0.6 is 0 Å². The molecule has 0 spiro atoms. The summed E-state index contributed by atoms with van der Waals surface area (Å²) in [5.41, 5.74) is 1.55. The lowest BCUT2D eigenvalue weighted by atomic mass is 9.94. The molecule has 1 aliphatic carbocycles. The van der Waals surface area contributed by atoms with Crippen molar-refractivity contribution in [2.45, 2.75) is 68.8 Å². The molecule has 1 amide bonds. The van der Waals surface area contributed by atoms with Crippen molar-refractivity contribution in [3.8, 4) is 5.75 Å². The maximum atomic E-state index is 12.8. The Kier molecular flexibility index (Phi) is 8.09. The third kappa shape index (κ3) is 6.55. The van der Waals surface area contributed by atoms with Crippen molar-refractivity contribution < 1.29 is 17.9 Å². The molecule has 0 aliphatic heterocycles. The first-order valence-corrected chi connectivity index (χ1v) is 12.5. The summed E-state index contributed by atoms with van der Waals surface area (Å²) in [6, 6.07) is 14.0. The number of rotatable bonds is 11. The molecule has 2 N–H and O–H groups in total. The summed E-state index contributed by atoms with van der Waals surface area (Å²) in [6.07, 6.45) is 6.46. The van der Waals surface area contributed by atoms with Crippen molar-refractivity contribution in [3.05, 3.63) is 59.7 Å². The van der Waals surface area contributed by atoms with E-state index in [-0.39, 0.29) is 22.9 Å². The molecule has 3 rings (SSSR count). The lowest BCUT2D eigenvalue weighted by Gasteiger charge is -2.26. The summed E-state index contributed by atoms with van der Waals surface area (Å²) in [4.78, 5) is 13.0. The van der Waals surface area contributed by atoms with E-state index in [4.69, 9.17) is 4.74 Å². The third-order valence-electron chi connectivity index (χ3n) is 5.71. The highest BCUT2D eigenvalue weighted by atomic mass is 32.2. The largest absolute Gasteiger partial charge is 0.497 e. The van der Waals surface area contributed by atoms with E-state index in [1.54, 1.807) is 19.2 Å². The van der Waals surface area contributed by atoms with Crippen LogP contribution in [-0.2, 0) is 16.4 Å². The lowest BCUT2D eigenvalue weighted by molar-refractivity contribution is 0.0934. The van der Waals surface area contributed by atoms with E-state index in [1.807, 2.05) is 24.3 Å². The minimum Gasteiger partial charge on any atom is -0.497 e. The van der Waals surface area contributed by atoms with Crippen molar-refractivity contribution in [2.75, 3.05) is 7.11 Å². The van der Waals surface area contributed by atoms with Gasteiger partial charge in [0.05, 0.1) is 12.0 Å². The number of carbonyl (C=O) groups excluding carboxylic acids is 1. The van der Waals surface area contributed by atoms with E-state index in [1.165, 1.54) is 12.1 Å². The second-order valence-corrected chi connectivity index (χ2v) is 9.86. The summed E-state index contributed by atoms with van der Waals surface area (Å²) in [7, 11) is -1.90. The first kappa shape index (κ1) is 23.3. The van der Waals surface area contributed by atoms with Crippen molar-refractivity contribution in [2.24, 2.45) is 0 Å². The topological polar surface area (TPSA) is 84.5 Å². The summed E-state index contributed by atoms with van der Waals surface area (Å²) in [6.45, 7) is 2.13. The predicted octanol–water partition coefficient (Wildman–Crippen LogP) is 4.06. The summed E-state index contributed by atoms with van der Waals surface area (Å²) < 4.78 is 32.9. The molecule has 0 unspecified atom stereocenters. The van der Waals surface area contributed by atoms with Crippen molar-refractivity contribution in [3.63, 3.8) is 0 Å². The fourth-order valence-electron chi connectivity index (χ4n) is 3.63. The molecule has 2 aromatic rings. The maximum Gasteiger partial charge on any atom is 0.251 e. The molecule has 0 heterocycles. The number of hydrogen-bond donors (Lipinski definition) is 2. The van der Waals surface area contributed by atoms with Crippen LogP contribution in [0.1, 0.15) is 61.4 Å². The van der Waals surface area contributed by atoms with Crippen molar-refractivity contribution >= 4 is 15.9 Å². The molecule has 1 atom stereocenters. The van der Waals surface area contributed by atoms with Gasteiger partial charge in [-0.05, 0) is 67.6 Å². The van der Waals surface area contributed by atoms with Gasteiger partial charge >= 0.3 is 0 Å². The fourth-order valence-corrected chi connectivity index (χ4v) is 4.93. The second-order valence-electron chi connectivity index (χ2n) is 8.14. The van der Waals surface area contributed by atoms with Crippen LogP contribution in [0.25, 0.3) is 0 Å². The first-order valence-electron chi connectivity index (χ1n) is 11.0. The van der Waals surface area contributed by atoms with Gasteiger partial charge in [0.1, 0.15) is 5.75 Å². The number of benzene rings is 2. The quantitative estimate of drug-likeness (QED) is 0.547. The molecule has 2 aromatic carbocycles. The Hall–Kier alpha value is -2.38. The zero-order valence-corrected chi connectivity index (χ0v) is 19.1. The van der Waals surface area contributed by atoms with E-state index in [0.29, 0.717) is 12.0 Å². The smallest absolute Gasteiger partial charge is 0.251 e. The Morgan fingerprint density at radius 1 is 1.16 bits per heavy atom. The Morgan fingerprint density at radius 2 is 1.90 bits per heavy atom. The number of unbranched alkanes of at least 4 members (excludes halogenated alkanes) is 1. The third-order valence-corrected chi connectivity index (χ3v) is 7.25. The summed E-state index contributed by atoms with van der Waals surface area (Å²) in [5, 5.41) is 3.12. The van der Waals surface area contributed by atoms with Crippen molar-refractivity contribution in [1.82, 2.24) is 10.0 Å². The standard InChI is InChI=1S/C24H32N2O4S/c1-3-4-8-21(16-18-7-5-11-22(17-18)30-2)25-24(27)19-12-14-23(15-13-19)31(28,29)26-20-9-6-10-20/h5,7,11-15,17,20-21,26H,3-4,6,8-10,16H2,1-2H3,(H,25,27)/t21-/m0/s1. The molecule has 6 nitrogen and oxygen atoms in total. The van der Waals surface area contributed by atoms with Crippen LogP contribution in [0.3, 0.4) is 0 Å². The second kappa shape index (κ2) is 10.8. The van der Waals surface area contributed by atoms with Gasteiger partial charge in [0.2, 0.25) is 10.0 Å². The molecule has 0 bridgehead atoms. The normalized spacial score (nSPS) is 15.2. The van der Waals surface area contributed by atoms with Crippen LogP contribution in [0.2, 0.25) is 0 Å². The molecule has 1 fully saturated rings. The molecular weight excluding hydrogens is 412 g/mol.